The zero-order valence-electron chi connectivity index (χ0n) is 11.5. The summed E-state index contributed by atoms with van der Waals surface area (Å²) in [4.78, 5) is 23.8. The van der Waals surface area contributed by atoms with Crippen LogP contribution in [0.2, 0.25) is 0 Å². The molecule has 1 aliphatic rings. The molecule has 0 bridgehead atoms. The summed E-state index contributed by atoms with van der Waals surface area (Å²) in [6.07, 6.45) is 2.73. The Hall–Kier alpha value is -0.920. The smallest absolute Gasteiger partial charge is 0.340 e. The van der Waals surface area contributed by atoms with Crippen LogP contribution in [0, 0.1) is 0 Å². The van der Waals surface area contributed by atoms with Crippen molar-refractivity contribution in [3.63, 3.8) is 0 Å². The third kappa shape index (κ3) is 4.79. The highest BCUT2D eigenvalue weighted by atomic mass is 79.9. The van der Waals surface area contributed by atoms with Gasteiger partial charge in [-0.3, -0.25) is 4.79 Å². The van der Waals surface area contributed by atoms with Gasteiger partial charge in [-0.05, 0) is 40.9 Å². The second-order valence-electron chi connectivity index (χ2n) is 4.83. The Kier molecular flexibility index (Phi) is 5.78. The van der Waals surface area contributed by atoms with E-state index >= 15 is 0 Å². The lowest BCUT2D eigenvalue weighted by molar-refractivity contribution is -0.116. The number of amides is 1. The summed E-state index contributed by atoms with van der Waals surface area (Å²) in [7, 11) is 1.31. The number of anilines is 1. The molecule has 0 spiro atoms. The molecule has 114 valence electrons. The highest BCUT2D eigenvalue weighted by molar-refractivity contribution is 9.11. The maximum atomic E-state index is 12.0. The quantitative estimate of drug-likeness (QED) is 0.695. The number of benzene rings is 1. The lowest BCUT2D eigenvalue weighted by Crippen LogP contribution is -2.24. The van der Waals surface area contributed by atoms with E-state index in [2.05, 4.69) is 42.5 Å². The van der Waals surface area contributed by atoms with Crippen LogP contribution in [0.4, 0.5) is 5.69 Å². The fraction of sp³-hybridized carbons (Fsp3) is 0.429. The van der Waals surface area contributed by atoms with E-state index in [1.54, 1.807) is 12.1 Å². The third-order valence-electron chi connectivity index (χ3n) is 3.09. The van der Waals surface area contributed by atoms with E-state index in [9.17, 15) is 9.59 Å². The van der Waals surface area contributed by atoms with Gasteiger partial charge < -0.3 is 15.4 Å². The number of hydrogen-bond donors (Lipinski definition) is 2. The van der Waals surface area contributed by atoms with Gasteiger partial charge >= 0.3 is 5.97 Å². The van der Waals surface area contributed by atoms with Crippen LogP contribution >= 0.6 is 31.9 Å². The molecule has 21 heavy (non-hydrogen) atoms. The van der Waals surface area contributed by atoms with Gasteiger partial charge in [0.05, 0.1) is 18.4 Å². The molecule has 0 radical (unpaired) electrons. The minimum absolute atomic E-state index is 0.142. The first-order chi connectivity index (χ1) is 10.0. The first kappa shape index (κ1) is 16.5. The van der Waals surface area contributed by atoms with Gasteiger partial charge in [-0.2, -0.15) is 0 Å². The summed E-state index contributed by atoms with van der Waals surface area (Å²) in [5.74, 6) is -0.639. The fourth-order valence-corrected chi connectivity index (χ4v) is 3.18. The number of nitrogens with one attached hydrogen (secondary N) is 2. The summed E-state index contributed by atoms with van der Waals surface area (Å²) in [6.45, 7) is 0.637. The largest absolute Gasteiger partial charge is 0.465 e. The fourth-order valence-electron chi connectivity index (χ4n) is 1.85. The Labute approximate surface area is 140 Å². The van der Waals surface area contributed by atoms with Crippen LogP contribution in [0.5, 0.6) is 0 Å². The number of hydrogen-bond acceptors (Lipinski definition) is 4. The van der Waals surface area contributed by atoms with Crippen molar-refractivity contribution in [2.75, 3.05) is 19.0 Å². The normalized spacial score (nSPS) is 13.9. The number of rotatable bonds is 6. The van der Waals surface area contributed by atoms with E-state index < -0.39 is 5.97 Å². The Bertz CT molecular complexity index is 559. The summed E-state index contributed by atoms with van der Waals surface area (Å²) < 4.78 is 6.10. The van der Waals surface area contributed by atoms with Crippen molar-refractivity contribution in [3.8, 4) is 0 Å². The minimum atomic E-state index is -0.497. The Morgan fingerprint density at radius 2 is 2.05 bits per heavy atom. The molecule has 1 aromatic carbocycles. The molecule has 0 aromatic heterocycles. The Morgan fingerprint density at radius 3 is 2.67 bits per heavy atom. The SMILES string of the molecule is COC(=O)c1cc(Br)cc(Br)c1NC(=O)CCNC1CC1. The van der Waals surface area contributed by atoms with Crippen LogP contribution in [0.3, 0.4) is 0 Å². The van der Waals surface area contributed by atoms with Crippen molar-refractivity contribution in [2.24, 2.45) is 0 Å². The van der Waals surface area contributed by atoms with E-state index in [0.717, 1.165) is 4.47 Å². The summed E-state index contributed by atoms with van der Waals surface area (Å²) in [5, 5.41) is 6.04. The molecule has 1 aromatic rings. The number of ether oxygens (including phenoxy) is 1. The number of carbonyl (C=O) groups excluding carboxylic acids is 2. The number of methoxy groups -OCH3 is 1. The van der Waals surface area contributed by atoms with Gasteiger partial charge in [0, 0.05) is 28.0 Å². The van der Waals surface area contributed by atoms with Gasteiger partial charge in [0.25, 0.3) is 0 Å². The van der Waals surface area contributed by atoms with Crippen LogP contribution in [0.1, 0.15) is 29.6 Å². The molecule has 2 N–H and O–H groups in total. The van der Waals surface area contributed by atoms with Gasteiger partial charge in [-0.15, -0.1) is 0 Å². The molecule has 0 aliphatic heterocycles. The maximum Gasteiger partial charge on any atom is 0.340 e. The second-order valence-corrected chi connectivity index (χ2v) is 6.60. The van der Waals surface area contributed by atoms with Gasteiger partial charge in [0.2, 0.25) is 5.91 Å². The highest BCUT2D eigenvalue weighted by Gasteiger charge is 2.21. The second kappa shape index (κ2) is 7.38. The molecule has 1 saturated carbocycles. The van der Waals surface area contributed by atoms with Crippen molar-refractivity contribution in [2.45, 2.75) is 25.3 Å². The Balaban J connectivity index is 2.06. The molecule has 0 saturated heterocycles. The lowest BCUT2D eigenvalue weighted by Gasteiger charge is -2.13. The predicted molar refractivity (Wildman–Crippen MR) is 87.5 cm³/mol. The van der Waals surface area contributed by atoms with E-state index in [1.807, 2.05) is 0 Å². The Morgan fingerprint density at radius 1 is 1.33 bits per heavy atom. The van der Waals surface area contributed by atoms with Gasteiger partial charge in [0.15, 0.2) is 0 Å². The summed E-state index contributed by atoms with van der Waals surface area (Å²) >= 11 is 6.67. The maximum absolute atomic E-state index is 12.0. The van der Waals surface area contributed by atoms with Gasteiger partial charge in [-0.25, -0.2) is 4.79 Å². The van der Waals surface area contributed by atoms with E-state index in [4.69, 9.17) is 4.74 Å². The van der Waals surface area contributed by atoms with Crippen LogP contribution in [-0.2, 0) is 9.53 Å². The lowest BCUT2D eigenvalue weighted by atomic mass is 10.1. The van der Waals surface area contributed by atoms with E-state index in [1.165, 1.54) is 20.0 Å². The molecule has 1 aliphatic carbocycles. The highest BCUT2D eigenvalue weighted by Crippen LogP contribution is 2.31. The van der Waals surface area contributed by atoms with Crippen LogP contribution < -0.4 is 10.6 Å². The van der Waals surface area contributed by atoms with Crippen molar-refractivity contribution in [1.29, 1.82) is 0 Å². The first-order valence-electron chi connectivity index (χ1n) is 6.62. The molecule has 2 rings (SSSR count). The van der Waals surface area contributed by atoms with Crippen molar-refractivity contribution < 1.29 is 14.3 Å². The zero-order valence-corrected chi connectivity index (χ0v) is 14.7. The summed E-state index contributed by atoms with van der Waals surface area (Å²) in [6, 6.07) is 3.96. The molecule has 5 nitrogen and oxygen atoms in total. The van der Waals surface area contributed by atoms with Crippen LogP contribution in [0.25, 0.3) is 0 Å². The van der Waals surface area contributed by atoms with Gasteiger partial charge in [-0.1, -0.05) is 15.9 Å². The van der Waals surface area contributed by atoms with Crippen LogP contribution in [0.15, 0.2) is 21.1 Å². The number of halogens is 2. The third-order valence-corrected chi connectivity index (χ3v) is 4.17. The molecule has 0 unspecified atom stereocenters. The first-order valence-corrected chi connectivity index (χ1v) is 8.20. The monoisotopic (exact) mass is 418 g/mol. The number of carbonyl (C=O) groups is 2. The van der Waals surface area contributed by atoms with Crippen molar-refractivity contribution >= 4 is 49.4 Å². The number of esters is 1. The van der Waals surface area contributed by atoms with Crippen LogP contribution in [-0.4, -0.2) is 31.6 Å². The average Bonchev–Trinajstić information content (AvgIpc) is 3.24. The molecule has 7 heteroatoms. The standard InChI is InChI=1S/C14H16Br2N2O3/c1-21-14(20)10-6-8(15)7-11(16)13(10)18-12(19)4-5-17-9-2-3-9/h6-7,9,17H,2-5H2,1H3,(H,18,19). The van der Waals surface area contributed by atoms with Crippen molar-refractivity contribution in [1.82, 2.24) is 5.32 Å². The summed E-state index contributed by atoms with van der Waals surface area (Å²) in [5.41, 5.74) is 0.740. The predicted octanol–water partition coefficient (Wildman–Crippen LogP) is 3.08. The minimum Gasteiger partial charge on any atom is -0.465 e. The molecule has 1 amide bonds. The molecular formula is C14H16Br2N2O3. The average molecular weight is 420 g/mol. The van der Waals surface area contributed by atoms with Crippen molar-refractivity contribution in [3.05, 3.63) is 26.6 Å². The topological polar surface area (TPSA) is 67.4 Å². The molecule has 0 heterocycles. The zero-order chi connectivity index (χ0) is 15.4. The molecule has 0 atom stereocenters. The molecular weight excluding hydrogens is 404 g/mol. The van der Waals surface area contributed by atoms with Gasteiger partial charge in [0.1, 0.15) is 0 Å². The van der Waals surface area contributed by atoms with E-state index in [-0.39, 0.29) is 5.91 Å². The van der Waals surface area contributed by atoms with E-state index in [0.29, 0.717) is 34.7 Å². The molecule has 1 fully saturated rings.